The fourth-order valence-corrected chi connectivity index (χ4v) is 1.08. The van der Waals surface area contributed by atoms with Crippen molar-refractivity contribution in [2.45, 2.75) is 71.6 Å². The molecule has 0 atom stereocenters. The minimum Gasteiger partial charge on any atom is -0.481 e. The molecule has 2 N–H and O–H groups in total. The van der Waals surface area contributed by atoms with Crippen LogP contribution in [0.2, 0.25) is 0 Å². The van der Waals surface area contributed by atoms with E-state index in [-0.39, 0.29) is 12.8 Å². The molecule has 0 unspecified atom stereocenters. The van der Waals surface area contributed by atoms with Crippen LogP contribution < -0.4 is 0 Å². The summed E-state index contributed by atoms with van der Waals surface area (Å²) in [6.07, 6.45) is 7.17. The lowest BCUT2D eigenvalue weighted by atomic mass is 10.1. The highest BCUT2D eigenvalue weighted by Crippen LogP contribution is 2.06. The van der Waals surface area contributed by atoms with Gasteiger partial charge in [0.15, 0.2) is 0 Å². The molecule has 0 spiro atoms. The molecule has 0 amide bonds. The van der Waals surface area contributed by atoms with Gasteiger partial charge in [0.1, 0.15) is 0 Å². The van der Waals surface area contributed by atoms with Gasteiger partial charge in [0.2, 0.25) is 0 Å². The van der Waals surface area contributed by atoms with E-state index in [0.717, 1.165) is 19.3 Å². The highest BCUT2D eigenvalue weighted by molar-refractivity contribution is 5.66. The van der Waals surface area contributed by atoms with Crippen LogP contribution in [0.25, 0.3) is 0 Å². The molecular weight excluding hydrogens is 220 g/mol. The Hall–Kier alpha value is -1.06. The van der Waals surface area contributed by atoms with Crippen molar-refractivity contribution in [3.63, 3.8) is 0 Å². The van der Waals surface area contributed by atoms with Crippen molar-refractivity contribution < 1.29 is 19.8 Å². The summed E-state index contributed by atoms with van der Waals surface area (Å²) in [4.78, 5) is 20.2. The van der Waals surface area contributed by atoms with E-state index in [1.54, 1.807) is 0 Å². The summed E-state index contributed by atoms with van der Waals surface area (Å²) in [5.41, 5.74) is 0. The van der Waals surface area contributed by atoms with Crippen LogP contribution in [0.4, 0.5) is 0 Å². The standard InChI is InChI=1S/C9H16O4.C4H10/c10-8(11)6-4-2-1-3-5-7-9(12)13;1-3-4-2/h1-7H2,(H,10,11)(H,12,13);3-4H2,1-2H3. The first kappa shape index (κ1) is 18.3. The van der Waals surface area contributed by atoms with Crippen LogP contribution in [0.5, 0.6) is 0 Å². The second-order valence-corrected chi connectivity index (χ2v) is 4.06. The number of carboxylic acid groups (broad SMARTS) is 2. The van der Waals surface area contributed by atoms with E-state index in [1.807, 2.05) is 0 Å². The molecule has 0 aromatic carbocycles. The average Bonchev–Trinajstić information content (AvgIpc) is 2.27. The predicted molar refractivity (Wildman–Crippen MR) is 68.2 cm³/mol. The third-order valence-corrected chi connectivity index (χ3v) is 2.28. The van der Waals surface area contributed by atoms with Gasteiger partial charge in [0.05, 0.1) is 0 Å². The first-order chi connectivity index (χ1) is 8.04. The van der Waals surface area contributed by atoms with Crippen LogP contribution in [0.15, 0.2) is 0 Å². The molecule has 0 saturated carbocycles. The van der Waals surface area contributed by atoms with E-state index in [0.29, 0.717) is 12.8 Å². The Bertz CT molecular complexity index is 170. The van der Waals surface area contributed by atoms with Gasteiger partial charge >= 0.3 is 11.9 Å². The zero-order chi connectivity index (χ0) is 13.5. The number of rotatable bonds is 9. The molecule has 102 valence electrons. The highest BCUT2D eigenvalue weighted by atomic mass is 16.4. The SMILES string of the molecule is CCCC.O=C(O)CCCCCCCC(=O)O. The Balaban J connectivity index is 0. The largest absolute Gasteiger partial charge is 0.481 e. The fraction of sp³-hybridized carbons (Fsp3) is 0.846. The van der Waals surface area contributed by atoms with Crippen LogP contribution >= 0.6 is 0 Å². The monoisotopic (exact) mass is 246 g/mol. The summed E-state index contributed by atoms with van der Waals surface area (Å²) in [5.74, 6) is -1.52. The minimum atomic E-state index is -0.759. The van der Waals surface area contributed by atoms with Gasteiger partial charge in [0.25, 0.3) is 0 Å². The van der Waals surface area contributed by atoms with Crippen molar-refractivity contribution in [3.8, 4) is 0 Å². The summed E-state index contributed by atoms with van der Waals surface area (Å²) in [6.45, 7) is 4.36. The maximum absolute atomic E-state index is 10.1. The van der Waals surface area contributed by atoms with Gasteiger partial charge in [-0.1, -0.05) is 46.0 Å². The van der Waals surface area contributed by atoms with E-state index in [2.05, 4.69) is 13.8 Å². The van der Waals surface area contributed by atoms with Crippen LogP contribution in [0, 0.1) is 0 Å². The highest BCUT2D eigenvalue weighted by Gasteiger charge is 1.98. The number of unbranched alkanes of at least 4 members (excludes halogenated alkanes) is 5. The Labute approximate surface area is 104 Å². The maximum Gasteiger partial charge on any atom is 0.303 e. The third kappa shape index (κ3) is 25.3. The molecule has 0 rings (SSSR count). The Morgan fingerprint density at radius 1 is 0.706 bits per heavy atom. The summed E-state index contributed by atoms with van der Waals surface area (Å²) in [6, 6.07) is 0. The van der Waals surface area contributed by atoms with Crippen molar-refractivity contribution >= 4 is 11.9 Å². The predicted octanol–water partition coefficient (Wildman–Crippen LogP) is 3.69. The van der Waals surface area contributed by atoms with E-state index in [1.165, 1.54) is 12.8 Å². The Kier molecular flexibility index (Phi) is 16.1. The van der Waals surface area contributed by atoms with Crippen molar-refractivity contribution in [1.82, 2.24) is 0 Å². The van der Waals surface area contributed by atoms with E-state index < -0.39 is 11.9 Å². The summed E-state index contributed by atoms with van der Waals surface area (Å²) >= 11 is 0. The van der Waals surface area contributed by atoms with Crippen LogP contribution in [0.1, 0.15) is 71.6 Å². The lowest BCUT2D eigenvalue weighted by Gasteiger charge is -1.97. The smallest absolute Gasteiger partial charge is 0.303 e. The second kappa shape index (κ2) is 14.9. The lowest BCUT2D eigenvalue weighted by molar-refractivity contribution is -0.138. The zero-order valence-corrected chi connectivity index (χ0v) is 11.1. The van der Waals surface area contributed by atoms with Crippen molar-refractivity contribution in [2.24, 2.45) is 0 Å². The Morgan fingerprint density at radius 3 is 1.24 bits per heavy atom. The van der Waals surface area contributed by atoms with Crippen molar-refractivity contribution in [2.75, 3.05) is 0 Å². The zero-order valence-electron chi connectivity index (χ0n) is 11.1. The summed E-state index contributed by atoms with van der Waals surface area (Å²) in [7, 11) is 0. The third-order valence-electron chi connectivity index (χ3n) is 2.28. The van der Waals surface area contributed by atoms with E-state index >= 15 is 0 Å². The van der Waals surface area contributed by atoms with Crippen LogP contribution in [-0.2, 0) is 9.59 Å². The second-order valence-electron chi connectivity index (χ2n) is 4.06. The van der Waals surface area contributed by atoms with Crippen molar-refractivity contribution in [3.05, 3.63) is 0 Å². The van der Waals surface area contributed by atoms with Gasteiger partial charge in [-0.2, -0.15) is 0 Å². The number of carbonyl (C=O) groups is 2. The molecule has 0 bridgehead atoms. The number of carboxylic acids is 2. The maximum atomic E-state index is 10.1. The quantitative estimate of drug-likeness (QED) is 0.608. The molecule has 17 heavy (non-hydrogen) atoms. The number of aliphatic carboxylic acids is 2. The molecule has 4 heteroatoms. The topological polar surface area (TPSA) is 74.6 Å². The molecule has 0 saturated heterocycles. The molecule has 0 aromatic rings. The van der Waals surface area contributed by atoms with Gasteiger partial charge in [-0.15, -0.1) is 0 Å². The van der Waals surface area contributed by atoms with Gasteiger partial charge in [0, 0.05) is 12.8 Å². The first-order valence-electron chi connectivity index (χ1n) is 6.48. The molecule has 0 aliphatic heterocycles. The molecular formula is C13H26O4. The summed E-state index contributed by atoms with van der Waals surface area (Å²) in [5, 5.41) is 16.6. The molecule has 0 aliphatic carbocycles. The molecule has 0 aliphatic rings. The lowest BCUT2D eigenvalue weighted by Crippen LogP contribution is -1.95. The van der Waals surface area contributed by atoms with E-state index in [4.69, 9.17) is 10.2 Å². The van der Waals surface area contributed by atoms with Gasteiger partial charge in [-0.3, -0.25) is 9.59 Å². The molecule has 0 aromatic heterocycles. The average molecular weight is 246 g/mol. The normalized spacial score (nSPS) is 9.29. The Morgan fingerprint density at radius 2 is 1.00 bits per heavy atom. The fourth-order valence-electron chi connectivity index (χ4n) is 1.08. The molecule has 0 heterocycles. The molecule has 0 fully saturated rings. The van der Waals surface area contributed by atoms with Crippen LogP contribution in [-0.4, -0.2) is 22.2 Å². The van der Waals surface area contributed by atoms with Gasteiger partial charge < -0.3 is 10.2 Å². The van der Waals surface area contributed by atoms with Gasteiger partial charge in [-0.05, 0) is 12.8 Å². The van der Waals surface area contributed by atoms with Crippen molar-refractivity contribution in [1.29, 1.82) is 0 Å². The summed E-state index contributed by atoms with van der Waals surface area (Å²) < 4.78 is 0. The number of hydrogen-bond acceptors (Lipinski definition) is 2. The minimum absolute atomic E-state index is 0.221. The first-order valence-corrected chi connectivity index (χ1v) is 6.48. The molecule has 0 radical (unpaired) electrons. The van der Waals surface area contributed by atoms with E-state index in [9.17, 15) is 9.59 Å². The molecule has 4 nitrogen and oxygen atoms in total. The van der Waals surface area contributed by atoms with Gasteiger partial charge in [-0.25, -0.2) is 0 Å². The van der Waals surface area contributed by atoms with Crippen LogP contribution in [0.3, 0.4) is 0 Å². The number of hydrogen-bond donors (Lipinski definition) is 2.